The van der Waals surface area contributed by atoms with Crippen LogP contribution >= 0.6 is 0 Å². The summed E-state index contributed by atoms with van der Waals surface area (Å²) in [6, 6.07) is 0. The second kappa shape index (κ2) is 8.43. The molecule has 3 aliphatic carbocycles. The molecule has 0 saturated heterocycles. The van der Waals surface area contributed by atoms with Crippen molar-refractivity contribution in [2.45, 2.75) is 65.4 Å². The number of carbonyl (C=O) groups is 2. The number of ketones is 1. The van der Waals surface area contributed by atoms with Crippen LogP contribution in [0.3, 0.4) is 0 Å². The maximum absolute atomic E-state index is 13.2. The van der Waals surface area contributed by atoms with Crippen LogP contribution in [0.4, 0.5) is 0 Å². The van der Waals surface area contributed by atoms with E-state index in [1.54, 1.807) is 0 Å². The van der Waals surface area contributed by atoms with Crippen molar-refractivity contribution in [1.82, 2.24) is 4.90 Å². The van der Waals surface area contributed by atoms with Crippen molar-refractivity contribution in [3.63, 3.8) is 0 Å². The molecule has 0 aromatic heterocycles. The molecule has 5 heteroatoms. The van der Waals surface area contributed by atoms with Crippen LogP contribution in [0.2, 0.25) is 0 Å². The van der Waals surface area contributed by atoms with Gasteiger partial charge in [0.1, 0.15) is 12.4 Å². The van der Waals surface area contributed by atoms with Crippen molar-refractivity contribution in [2.75, 3.05) is 27.2 Å². The topological polar surface area (TPSA) is 66.8 Å². The molecule has 3 saturated carbocycles. The molecule has 3 rings (SSSR count). The van der Waals surface area contributed by atoms with Gasteiger partial charge < -0.3 is 14.7 Å². The Morgan fingerprint density at radius 1 is 1.18 bits per heavy atom. The normalized spacial score (nSPS) is 43.4. The minimum Gasteiger partial charge on any atom is -0.464 e. The Morgan fingerprint density at radius 3 is 2.57 bits per heavy atom. The molecule has 0 radical (unpaired) electrons. The molecule has 0 aromatic carbocycles. The number of aliphatic hydroxyl groups is 1. The predicted octanol–water partition coefficient (Wildman–Crippen LogP) is 3.15. The van der Waals surface area contributed by atoms with Gasteiger partial charge in [0.05, 0.1) is 6.10 Å². The molecule has 0 bridgehead atoms. The van der Waals surface area contributed by atoms with Crippen molar-refractivity contribution >= 4 is 11.8 Å². The number of Topliss-reactive ketones (excluding diaryl/α,β-unsaturated/α-hetero) is 1. The maximum atomic E-state index is 13.2. The Labute approximate surface area is 170 Å². The second-order valence-corrected chi connectivity index (χ2v) is 10.3. The van der Waals surface area contributed by atoms with Crippen molar-refractivity contribution in [2.24, 2.45) is 40.9 Å². The van der Waals surface area contributed by atoms with Crippen molar-refractivity contribution in [1.29, 1.82) is 0 Å². The van der Waals surface area contributed by atoms with Gasteiger partial charge in [0, 0.05) is 25.3 Å². The lowest BCUT2D eigenvalue weighted by molar-refractivity contribution is -0.164. The third-order valence-electron chi connectivity index (χ3n) is 8.53. The fourth-order valence-corrected chi connectivity index (χ4v) is 6.66. The Morgan fingerprint density at radius 2 is 1.89 bits per heavy atom. The van der Waals surface area contributed by atoms with Gasteiger partial charge in [-0.25, -0.2) is 0 Å². The number of carbonyl (C=O) groups excluding carboxylic acids is 2. The highest BCUT2D eigenvalue weighted by Crippen LogP contribution is 2.61. The SMILES string of the molecule is CC1C(O)CCC2(C)C1CC(=O)[C@H]1C(C)C(CC(=O)OCCN(C)C)CCC12. The molecule has 3 fully saturated rings. The van der Waals surface area contributed by atoms with E-state index < -0.39 is 0 Å². The molecule has 160 valence electrons. The average molecular weight is 394 g/mol. The van der Waals surface area contributed by atoms with E-state index in [-0.39, 0.29) is 41.2 Å². The Hall–Kier alpha value is -0.940. The summed E-state index contributed by atoms with van der Waals surface area (Å²) in [6.45, 7) is 7.83. The van der Waals surface area contributed by atoms with Gasteiger partial charge in [-0.3, -0.25) is 9.59 Å². The molecular formula is C23H39NO4. The zero-order valence-corrected chi connectivity index (χ0v) is 18.3. The zero-order valence-electron chi connectivity index (χ0n) is 18.3. The lowest BCUT2D eigenvalue weighted by Crippen LogP contribution is -2.57. The summed E-state index contributed by atoms with van der Waals surface area (Å²) in [4.78, 5) is 27.5. The van der Waals surface area contributed by atoms with E-state index in [0.717, 1.165) is 32.2 Å². The summed E-state index contributed by atoms with van der Waals surface area (Å²) in [5.41, 5.74) is 0.142. The first-order valence-corrected chi connectivity index (χ1v) is 11.2. The van der Waals surface area contributed by atoms with Gasteiger partial charge in [-0.05, 0) is 74.8 Å². The van der Waals surface area contributed by atoms with E-state index in [0.29, 0.717) is 37.1 Å². The number of hydrogen-bond donors (Lipinski definition) is 1. The first-order chi connectivity index (χ1) is 13.1. The van der Waals surface area contributed by atoms with Crippen LogP contribution in [0.25, 0.3) is 0 Å². The molecule has 1 N–H and O–H groups in total. The molecule has 0 heterocycles. The molecule has 0 spiro atoms. The largest absolute Gasteiger partial charge is 0.464 e. The van der Waals surface area contributed by atoms with Gasteiger partial charge in [-0.1, -0.05) is 20.8 Å². The van der Waals surface area contributed by atoms with E-state index in [1.807, 2.05) is 19.0 Å². The number of esters is 1. The molecule has 0 aromatic rings. The van der Waals surface area contributed by atoms with E-state index in [2.05, 4.69) is 20.8 Å². The number of rotatable bonds is 5. The number of nitrogens with zero attached hydrogens (tertiary/aromatic N) is 1. The van der Waals surface area contributed by atoms with E-state index in [4.69, 9.17) is 4.74 Å². The van der Waals surface area contributed by atoms with Crippen LogP contribution in [0.1, 0.15) is 59.3 Å². The molecule has 5 nitrogen and oxygen atoms in total. The molecule has 0 amide bonds. The number of fused-ring (bicyclic) bond motifs is 3. The van der Waals surface area contributed by atoms with E-state index >= 15 is 0 Å². The average Bonchev–Trinajstić information content (AvgIpc) is 2.62. The van der Waals surface area contributed by atoms with E-state index in [9.17, 15) is 14.7 Å². The van der Waals surface area contributed by atoms with Crippen LogP contribution in [-0.2, 0) is 14.3 Å². The maximum Gasteiger partial charge on any atom is 0.306 e. The third-order valence-corrected chi connectivity index (χ3v) is 8.53. The van der Waals surface area contributed by atoms with Gasteiger partial charge in [0.15, 0.2) is 0 Å². The van der Waals surface area contributed by atoms with Crippen LogP contribution in [0.5, 0.6) is 0 Å². The minimum absolute atomic E-state index is 0.0667. The molecular weight excluding hydrogens is 354 g/mol. The monoisotopic (exact) mass is 393 g/mol. The number of hydrogen-bond acceptors (Lipinski definition) is 5. The summed E-state index contributed by atoms with van der Waals surface area (Å²) in [5, 5.41) is 10.3. The van der Waals surface area contributed by atoms with Crippen molar-refractivity contribution in [3.8, 4) is 0 Å². The van der Waals surface area contributed by atoms with Crippen LogP contribution < -0.4 is 0 Å². The lowest BCUT2D eigenvalue weighted by Gasteiger charge is -2.59. The fraction of sp³-hybridized carbons (Fsp3) is 0.913. The first-order valence-electron chi connectivity index (χ1n) is 11.2. The van der Waals surface area contributed by atoms with Gasteiger partial charge >= 0.3 is 5.97 Å². The highest BCUT2D eigenvalue weighted by atomic mass is 16.5. The smallest absolute Gasteiger partial charge is 0.306 e. The molecule has 7 unspecified atom stereocenters. The number of ether oxygens (including phenoxy) is 1. The summed E-state index contributed by atoms with van der Waals surface area (Å²) in [6.07, 6.45) is 4.64. The quantitative estimate of drug-likeness (QED) is 0.727. The van der Waals surface area contributed by atoms with Crippen LogP contribution in [0.15, 0.2) is 0 Å². The third kappa shape index (κ3) is 4.02. The second-order valence-electron chi connectivity index (χ2n) is 10.3. The van der Waals surface area contributed by atoms with Crippen LogP contribution in [-0.4, -0.2) is 55.1 Å². The van der Waals surface area contributed by atoms with Gasteiger partial charge in [-0.15, -0.1) is 0 Å². The van der Waals surface area contributed by atoms with E-state index in [1.165, 1.54) is 0 Å². The van der Waals surface area contributed by atoms with Gasteiger partial charge in [-0.2, -0.15) is 0 Å². The standard InChI is InChI=1S/C23H39NO4/c1-14-16(12-21(27)28-11-10-24(4)5)6-7-17-22(14)20(26)13-18-15(2)19(25)8-9-23(17,18)3/h14-19,22,25H,6-13H2,1-5H3/t14?,15?,16?,17?,18?,19?,22-,23?/m0/s1. The van der Waals surface area contributed by atoms with Gasteiger partial charge in [0.25, 0.3) is 0 Å². The summed E-state index contributed by atoms with van der Waals surface area (Å²) in [7, 11) is 3.93. The lowest BCUT2D eigenvalue weighted by atomic mass is 9.45. The highest BCUT2D eigenvalue weighted by molar-refractivity contribution is 5.83. The Kier molecular flexibility index (Phi) is 6.55. The molecule has 0 aliphatic heterocycles. The predicted molar refractivity (Wildman–Crippen MR) is 109 cm³/mol. The fourth-order valence-electron chi connectivity index (χ4n) is 6.66. The highest BCUT2D eigenvalue weighted by Gasteiger charge is 2.58. The molecule has 8 atom stereocenters. The Balaban J connectivity index is 1.67. The molecule has 3 aliphatic rings. The summed E-state index contributed by atoms with van der Waals surface area (Å²) < 4.78 is 5.41. The van der Waals surface area contributed by atoms with Gasteiger partial charge in [0.2, 0.25) is 0 Å². The summed E-state index contributed by atoms with van der Waals surface area (Å²) >= 11 is 0. The Bertz CT molecular complexity index is 591. The minimum atomic E-state index is -0.270. The summed E-state index contributed by atoms with van der Waals surface area (Å²) in [5.74, 6) is 1.66. The van der Waals surface area contributed by atoms with Crippen molar-refractivity contribution in [3.05, 3.63) is 0 Å². The number of aliphatic hydroxyl groups excluding tert-OH is 1. The first kappa shape index (κ1) is 21.8. The zero-order chi connectivity index (χ0) is 20.6. The number of likely N-dealkylation sites (N-methyl/N-ethyl adjacent to an activating group) is 1. The van der Waals surface area contributed by atoms with Crippen LogP contribution in [0, 0.1) is 40.9 Å². The van der Waals surface area contributed by atoms with Crippen molar-refractivity contribution < 1.29 is 19.4 Å². The molecule has 28 heavy (non-hydrogen) atoms.